The number of nitrogens with zero attached hydrogens (tertiary/aromatic N) is 2. The van der Waals surface area contributed by atoms with Crippen LogP contribution in [0, 0.1) is 11.7 Å². The number of carbonyl (C=O) groups is 1. The van der Waals surface area contributed by atoms with Gasteiger partial charge in [-0.25, -0.2) is 9.18 Å². The molecule has 0 bridgehead atoms. The number of urea groups is 1. The van der Waals surface area contributed by atoms with Gasteiger partial charge in [-0.2, -0.15) is 0 Å². The Balaban J connectivity index is 1.50. The molecule has 3 rings (SSSR count). The molecule has 2 N–H and O–H groups in total. The number of hydrogen-bond donors (Lipinski definition) is 2. The predicted molar refractivity (Wildman–Crippen MR) is 94.5 cm³/mol. The van der Waals surface area contributed by atoms with Gasteiger partial charge in [0.25, 0.3) is 0 Å². The van der Waals surface area contributed by atoms with Crippen molar-refractivity contribution >= 4 is 17.4 Å². The summed E-state index contributed by atoms with van der Waals surface area (Å²) in [6.07, 6.45) is 3.47. The zero-order valence-corrected chi connectivity index (χ0v) is 14.0. The van der Waals surface area contributed by atoms with Crippen LogP contribution in [-0.4, -0.2) is 37.8 Å². The topological polar surface area (TPSA) is 66.5 Å². The molecule has 132 valence electrons. The first-order valence-corrected chi connectivity index (χ1v) is 8.19. The summed E-state index contributed by atoms with van der Waals surface area (Å²) in [5, 5.41) is 5.30. The molecule has 7 heteroatoms. The zero-order valence-electron chi connectivity index (χ0n) is 14.0. The molecule has 1 fully saturated rings. The molecule has 1 saturated heterocycles. The lowest BCUT2D eigenvalue weighted by Gasteiger charge is -2.21. The Morgan fingerprint density at radius 1 is 1.40 bits per heavy atom. The fourth-order valence-electron chi connectivity index (χ4n) is 2.99. The first-order valence-electron chi connectivity index (χ1n) is 8.19. The van der Waals surface area contributed by atoms with Gasteiger partial charge in [0, 0.05) is 25.8 Å². The number of methoxy groups -OCH3 is 1. The Kier molecular flexibility index (Phi) is 5.33. The van der Waals surface area contributed by atoms with Crippen molar-refractivity contribution in [2.24, 2.45) is 5.92 Å². The van der Waals surface area contributed by atoms with Gasteiger partial charge in [0.2, 0.25) is 0 Å². The molecular weight excluding hydrogens is 323 g/mol. The van der Waals surface area contributed by atoms with Crippen molar-refractivity contribution in [1.82, 2.24) is 10.3 Å². The number of para-hydroxylation sites is 2. The van der Waals surface area contributed by atoms with Crippen LogP contribution >= 0.6 is 0 Å². The van der Waals surface area contributed by atoms with Gasteiger partial charge in [-0.05, 0) is 30.5 Å². The molecule has 2 heterocycles. The third-order valence-electron chi connectivity index (χ3n) is 4.28. The molecule has 25 heavy (non-hydrogen) atoms. The highest BCUT2D eigenvalue weighted by Gasteiger charge is 2.24. The van der Waals surface area contributed by atoms with E-state index in [1.807, 2.05) is 24.3 Å². The summed E-state index contributed by atoms with van der Waals surface area (Å²) >= 11 is 0. The number of halogens is 1. The largest absolute Gasteiger partial charge is 0.495 e. The third-order valence-corrected chi connectivity index (χ3v) is 4.28. The van der Waals surface area contributed by atoms with Crippen LogP contribution in [0.4, 0.5) is 20.6 Å². The van der Waals surface area contributed by atoms with Gasteiger partial charge >= 0.3 is 6.03 Å². The minimum absolute atomic E-state index is 0.120. The standard InChI is InChI=1S/C18H21FN4O2/c1-25-17-5-3-2-4-16(17)23-9-7-13(12-23)10-21-18(24)22-15-6-8-20-11-14(15)19/h2-6,8,11,13H,7,9-10,12H2,1H3,(H2,20,21,22,24). The van der Waals surface area contributed by atoms with Crippen molar-refractivity contribution in [3.63, 3.8) is 0 Å². The maximum absolute atomic E-state index is 13.5. The van der Waals surface area contributed by atoms with Gasteiger partial charge in [-0.15, -0.1) is 0 Å². The lowest BCUT2D eigenvalue weighted by molar-refractivity contribution is 0.250. The number of rotatable bonds is 5. The van der Waals surface area contributed by atoms with Gasteiger partial charge in [0.15, 0.2) is 5.82 Å². The Bertz CT molecular complexity index is 741. The van der Waals surface area contributed by atoms with E-state index < -0.39 is 11.8 Å². The van der Waals surface area contributed by atoms with Crippen LogP contribution < -0.4 is 20.3 Å². The Labute approximate surface area is 146 Å². The zero-order chi connectivity index (χ0) is 17.6. The Hall–Kier alpha value is -2.83. The molecule has 1 unspecified atom stereocenters. The maximum atomic E-state index is 13.5. The summed E-state index contributed by atoms with van der Waals surface area (Å²) in [5.41, 5.74) is 1.19. The van der Waals surface area contributed by atoms with Crippen LogP contribution in [0.15, 0.2) is 42.7 Å². The Morgan fingerprint density at radius 3 is 3.04 bits per heavy atom. The second-order valence-corrected chi connectivity index (χ2v) is 5.96. The minimum Gasteiger partial charge on any atom is -0.495 e. The molecule has 2 aromatic rings. The van der Waals surface area contributed by atoms with Crippen LogP contribution in [0.1, 0.15) is 6.42 Å². The molecule has 0 saturated carbocycles. The molecular formula is C18H21FN4O2. The van der Waals surface area contributed by atoms with E-state index in [1.54, 1.807) is 7.11 Å². The lowest BCUT2D eigenvalue weighted by Crippen LogP contribution is -2.34. The first kappa shape index (κ1) is 17.0. The summed E-state index contributed by atoms with van der Waals surface area (Å²) in [4.78, 5) is 17.8. The molecule has 2 amide bonds. The maximum Gasteiger partial charge on any atom is 0.319 e. The fourth-order valence-corrected chi connectivity index (χ4v) is 2.99. The Morgan fingerprint density at radius 2 is 2.24 bits per heavy atom. The highest BCUT2D eigenvalue weighted by atomic mass is 19.1. The van der Waals surface area contributed by atoms with Gasteiger partial charge in [0.1, 0.15) is 5.75 Å². The highest BCUT2D eigenvalue weighted by Crippen LogP contribution is 2.31. The summed E-state index contributed by atoms with van der Waals surface area (Å²) in [5.74, 6) is 0.626. The number of pyridine rings is 1. The van der Waals surface area contributed by atoms with E-state index >= 15 is 0 Å². The predicted octanol–water partition coefficient (Wildman–Crippen LogP) is 2.88. The second-order valence-electron chi connectivity index (χ2n) is 5.96. The van der Waals surface area contributed by atoms with E-state index in [0.717, 1.165) is 37.1 Å². The molecule has 0 radical (unpaired) electrons. The number of nitrogens with one attached hydrogen (secondary N) is 2. The van der Waals surface area contributed by atoms with Crippen molar-refractivity contribution in [1.29, 1.82) is 0 Å². The van der Waals surface area contributed by atoms with Crippen molar-refractivity contribution in [2.75, 3.05) is 37.0 Å². The monoisotopic (exact) mass is 344 g/mol. The molecule has 1 aromatic heterocycles. The van der Waals surface area contributed by atoms with Gasteiger partial charge in [0.05, 0.1) is 24.7 Å². The number of amides is 2. The smallest absolute Gasteiger partial charge is 0.319 e. The average molecular weight is 344 g/mol. The number of aromatic nitrogens is 1. The van der Waals surface area contributed by atoms with Crippen molar-refractivity contribution in [3.8, 4) is 5.75 Å². The van der Waals surface area contributed by atoms with Crippen LogP contribution in [0.5, 0.6) is 5.75 Å². The second kappa shape index (κ2) is 7.83. The first-order chi connectivity index (χ1) is 12.2. The molecule has 6 nitrogen and oxygen atoms in total. The van der Waals surface area contributed by atoms with Gasteiger partial charge in [-0.3, -0.25) is 4.98 Å². The molecule has 0 spiro atoms. The normalized spacial score (nSPS) is 16.6. The van der Waals surface area contributed by atoms with E-state index in [2.05, 4.69) is 20.5 Å². The van der Waals surface area contributed by atoms with E-state index in [9.17, 15) is 9.18 Å². The SMILES string of the molecule is COc1ccccc1N1CCC(CNC(=O)Nc2ccncc2F)C1. The van der Waals surface area contributed by atoms with E-state index in [0.29, 0.717) is 12.5 Å². The van der Waals surface area contributed by atoms with Gasteiger partial charge in [-0.1, -0.05) is 12.1 Å². The van der Waals surface area contributed by atoms with Crippen molar-refractivity contribution in [2.45, 2.75) is 6.42 Å². The van der Waals surface area contributed by atoms with Crippen LogP contribution in [0.3, 0.4) is 0 Å². The van der Waals surface area contributed by atoms with Crippen LogP contribution in [0.25, 0.3) is 0 Å². The summed E-state index contributed by atoms with van der Waals surface area (Å²) in [6, 6.07) is 8.92. The molecule has 0 aliphatic carbocycles. The van der Waals surface area contributed by atoms with E-state index in [4.69, 9.17) is 4.74 Å². The summed E-state index contributed by atoms with van der Waals surface area (Å²) in [6.45, 7) is 2.28. The number of carbonyl (C=O) groups excluding carboxylic acids is 1. The van der Waals surface area contributed by atoms with Crippen molar-refractivity contribution < 1.29 is 13.9 Å². The molecule has 1 atom stereocenters. The average Bonchev–Trinajstić information content (AvgIpc) is 3.11. The fraction of sp³-hybridized carbons (Fsp3) is 0.333. The van der Waals surface area contributed by atoms with E-state index in [1.165, 1.54) is 12.3 Å². The van der Waals surface area contributed by atoms with Crippen LogP contribution in [0.2, 0.25) is 0 Å². The van der Waals surface area contributed by atoms with E-state index in [-0.39, 0.29) is 5.69 Å². The minimum atomic E-state index is -0.555. The number of anilines is 2. The lowest BCUT2D eigenvalue weighted by atomic mass is 10.1. The number of hydrogen-bond acceptors (Lipinski definition) is 4. The number of benzene rings is 1. The summed E-state index contributed by atoms with van der Waals surface area (Å²) < 4.78 is 18.9. The molecule has 1 aromatic carbocycles. The summed E-state index contributed by atoms with van der Waals surface area (Å²) in [7, 11) is 1.66. The quantitative estimate of drug-likeness (QED) is 0.875. The van der Waals surface area contributed by atoms with Gasteiger partial charge < -0.3 is 20.3 Å². The van der Waals surface area contributed by atoms with Crippen molar-refractivity contribution in [3.05, 3.63) is 48.5 Å². The highest BCUT2D eigenvalue weighted by molar-refractivity contribution is 5.89. The number of ether oxygens (including phenoxy) is 1. The van der Waals surface area contributed by atoms with Crippen LogP contribution in [-0.2, 0) is 0 Å². The molecule has 1 aliphatic heterocycles. The third kappa shape index (κ3) is 4.17. The molecule has 1 aliphatic rings.